The van der Waals surface area contributed by atoms with Crippen LogP contribution in [-0.4, -0.2) is 5.11 Å². The molecule has 0 aliphatic rings. The van der Waals surface area contributed by atoms with Crippen molar-refractivity contribution < 1.29 is 9.52 Å². The lowest BCUT2D eigenvalue weighted by Crippen LogP contribution is -2.01. The van der Waals surface area contributed by atoms with E-state index in [0.717, 1.165) is 28.3 Å². The van der Waals surface area contributed by atoms with Gasteiger partial charge in [-0.25, -0.2) is 0 Å². The second-order valence-corrected chi connectivity index (χ2v) is 5.32. The summed E-state index contributed by atoms with van der Waals surface area (Å²) in [6, 6.07) is 19.1. The van der Waals surface area contributed by atoms with E-state index in [1.54, 1.807) is 0 Å². The van der Waals surface area contributed by atoms with Crippen molar-refractivity contribution in [3.63, 3.8) is 0 Å². The highest BCUT2D eigenvalue weighted by atomic mass is 35.5. The fourth-order valence-corrected chi connectivity index (χ4v) is 2.52. The molecule has 0 spiro atoms. The lowest BCUT2D eigenvalue weighted by Gasteiger charge is -2.08. The first kappa shape index (κ1) is 14.7. The number of rotatable bonds is 5. The number of aliphatic hydroxyl groups is 1. The van der Waals surface area contributed by atoms with Gasteiger partial charge in [-0.05, 0) is 30.3 Å². The molecule has 22 heavy (non-hydrogen) atoms. The van der Waals surface area contributed by atoms with Crippen molar-refractivity contribution in [1.82, 2.24) is 0 Å². The van der Waals surface area contributed by atoms with Gasteiger partial charge >= 0.3 is 0 Å². The molecule has 0 fully saturated rings. The number of anilines is 1. The number of halogens is 1. The highest BCUT2D eigenvalue weighted by Crippen LogP contribution is 2.29. The molecule has 1 aromatic heterocycles. The first-order chi connectivity index (χ1) is 10.8. The number of hydrogen-bond acceptors (Lipinski definition) is 3. The van der Waals surface area contributed by atoms with Crippen molar-refractivity contribution in [3.05, 3.63) is 77.0 Å². The van der Waals surface area contributed by atoms with E-state index in [4.69, 9.17) is 16.0 Å². The van der Waals surface area contributed by atoms with E-state index in [9.17, 15) is 5.11 Å². The van der Waals surface area contributed by atoms with Crippen LogP contribution in [-0.2, 0) is 13.2 Å². The molecule has 3 nitrogen and oxygen atoms in total. The topological polar surface area (TPSA) is 45.4 Å². The molecule has 1 heterocycles. The Bertz CT molecular complexity index is 767. The fourth-order valence-electron chi connectivity index (χ4n) is 2.29. The van der Waals surface area contributed by atoms with Crippen LogP contribution in [0.5, 0.6) is 0 Å². The summed E-state index contributed by atoms with van der Waals surface area (Å²) < 4.78 is 5.84. The standard InChI is InChI=1S/C18H16ClNO2/c19-16-7-3-2-6-15(16)18-10-9-14(22-18)11-20-17-8-4-1-5-13(17)12-21/h1-10,20-21H,11-12H2. The van der Waals surface area contributed by atoms with Crippen molar-refractivity contribution in [1.29, 1.82) is 0 Å². The molecule has 0 radical (unpaired) electrons. The van der Waals surface area contributed by atoms with Crippen molar-refractivity contribution >= 4 is 17.3 Å². The Morgan fingerprint density at radius 3 is 2.55 bits per heavy atom. The molecule has 0 bridgehead atoms. The zero-order valence-electron chi connectivity index (χ0n) is 11.9. The largest absolute Gasteiger partial charge is 0.459 e. The summed E-state index contributed by atoms with van der Waals surface area (Å²) in [6.45, 7) is 0.549. The molecule has 0 amide bonds. The van der Waals surface area contributed by atoms with Gasteiger partial charge in [-0.1, -0.05) is 41.9 Å². The van der Waals surface area contributed by atoms with Crippen LogP contribution in [0.3, 0.4) is 0 Å². The number of nitrogens with one attached hydrogen (secondary N) is 1. The van der Waals surface area contributed by atoms with Gasteiger partial charge in [-0.15, -0.1) is 0 Å². The highest BCUT2D eigenvalue weighted by molar-refractivity contribution is 6.33. The van der Waals surface area contributed by atoms with Gasteiger partial charge < -0.3 is 14.8 Å². The van der Waals surface area contributed by atoms with Gasteiger partial charge in [0.2, 0.25) is 0 Å². The number of benzene rings is 2. The molecule has 2 aromatic carbocycles. The summed E-state index contributed by atoms with van der Waals surface area (Å²) in [6.07, 6.45) is 0. The molecule has 0 aliphatic heterocycles. The lowest BCUT2D eigenvalue weighted by atomic mass is 10.2. The van der Waals surface area contributed by atoms with E-state index in [2.05, 4.69) is 5.32 Å². The molecule has 0 atom stereocenters. The molecule has 0 saturated carbocycles. The van der Waals surface area contributed by atoms with Crippen LogP contribution in [0.25, 0.3) is 11.3 Å². The normalized spacial score (nSPS) is 10.6. The van der Waals surface area contributed by atoms with Crippen LogP contribution in [0.2, 0.25) is 5.02 Å². The summed E-state index contributed by atoms with van der Waals surface area (Å²) in [5, 5.41) is 13.3. The quantitative estimate of drug-likeness (QED) is 0.717. The molecule has 3 rings (SSSR count). The number of para-hydroxylation sites is 1. The molecule has 0 aliphatic carbocycles. The number of furan rings is 1. The van der Waals surface area contributed by atoms with E-state index in [1.807, 2.05) is 60.7 Å². The van der Waals surface area contributed by atoms with Crippen molar-refractivity contribution in [2.45, 2.75) is 13.2 Å². The Labute approximate surface area is 134 Å². The lowest BCUT2D eigenvalue weighted by molar-refractivity contribution is 0.282. The van der Waals surface area contributed by atoms with Crippen LogP contribution >= 0.6 is 11.6 Å². The van der Waals surface area contributed by atoms with E-state index in [1.165, 1.54) is 0 Å². The predicted octanol–water partition coefficient (Wildman–Crippen LogP) is 4.70. The molecule has 0 saturated heterocycles. The van der Waals surface area contributed by atoms with E-state index in [-0.39, 0.29) is 6.61 Å². The third-order valence-electron chi connectivity index (χ3n) is 3.44. The molecular formula is C18H16ClNO2. The average Bonchev–Trinajstić information content (AvgIpc) is 3.02. The highest BCUT2D eigenvalue weighted by Gasteiger charge is 2.08. The van der Waals surface area contributed by atoms with Gasteiger partial charge in [0.05, 0.1) is 18.2 Å². The molecule has 4 heteroatoms. The maximum atomic E-state index is 9.32. The van der Waals surface area contributed by atoms with Gasteiger partial charge in [-0.2, -0.15) is 0 Å². The third-order valence-corrected chi connectivity index (χ3v) is 3.77. The number of aliphatic hydroxyl groups excluding tert-OH is 1. The zero-order valence-corrected chi connectivity index (χ0v) is 12.7. The van der Waals surface area contributed by atoms with Crippen molar-refractivity contribution in [2.75, 3.05) is 5.32 Å². The van der Waals surface area contributed by atoms with Gasteiger partial charge in [0.25, 0.3) is 0 Å². The van der Waals surface area contributed by atoms with Crippen molar-refractivity contribution in [2.24, 2.45) is 0 Å². The molecular weight excluding hydrogens is 298 g/mol. The van der Waals surface area contributed by atoms with Gasteiger partial charge in [-0.3, -0.25) is 0 Å². The second-order valence-electron chi connectivity index (χ2n) is 4.91. The first-order valence-electron chi connectivity index (χ1n) is 7.04. The summed E-state index contributed by atoms with van der Waals surface area (Å²) in [5.41, 5.74) is 2.65. The maximum absolute atomic E-state index is 9.32. The second kappa shape index (κ2) is 6.69. The first-order valence-corrected chi connectivity index (χ1v) is 7.42. The molecule has 112 valence electrons. The molecule has 2 N–H and O–H groups in total. The van der Waals surface area contributed by atoms with Gasteiger partial charge in [0.15, 0.2) is 0 Å². The van der Waals surface area contributed by atoms with Crippen LogP contribution in [0.1, 0.15) is 11.3 Å². The van der Waals surface area contributed by atoms with Crippen LogP contribution in [0.4, 0.5) is 5.69 Å². The average molecular weight is 314 g/mol. The predicted molar refractivity (Wildman–Crippen MR) is 88.8 cm³/mol. The summed E-state index contributed by atoms with van der Waals surface area (Å²) in [5.74, 6) is 1.56. The van der Waals surface area contributed by atoms with E-state index in [0.29, 0.717) is 11.6 Å². The third kappa shape index (κ3) is 3.16. The number of hydrogen-bond donors (Lipinski definition) is 2. The Hall–Kier alpha value is -2.23. The Morgan fingerprint density at radius 2 is 1.73 bits per heavy atom. The Balaban J connectivity index is 1.74. The summed E-state index contributed by atoms with van der Waals surface area (Å²) in [4.78, 5) is 0. The smallest absolute Gasteiger partial charge is 0.135 e. The summed E-state index contributed by atoms with van der Waals surface area (Å²) >= 11 is 6.18. The van der Waals surface area contributed by atoms with E-state index < -0.39 is 0 Å². The van der Waals surface area contributed by atoms with Crippen LogP contribution < -0.4 is 5.32 Å². The maximum Gasteiger partial charge on any atom is 0.135 e. The minimum atomic E-state index is 0.00615. The Morgan fingerprint density at radius 1 is 0.955 bits per heavy atom. The van der Waals surface area contributed by atoms with Crippen LogP contribution in [0, 0.1) is 0 Å². The molecule has 0 unspecified atom stereocenters. The minimum Gasteiger partial charge on any atom is -0.459 e. The molecule has 3 aromatic rings. The zero-order chi connectivity index (χ0) is 15.4. The summed E-state index contributed by atoms with van der Waals surface area (Å²) in [7, 11) is 0. The van der Waals surface area contributed by atoms with Crippen LogP contribution in [0.15, 0.2) is 65.1 Å². The van der Waals surface area contributed by atoms with E-state index >= 15 is 0 Å². The SMILES string of the molecule is OCc1ccccc1NCc1ccc(-c2ccccc2Cl)o1. The van der Waals surface area contributed by atoms with Gasteiger partial charge in [0, 0.05) is 16.8 Å². The van der Waals surface area contributed by atoms with Gasteiger partial charge in [0.1, 0.15) is 11.5 Å². The fraction of sp³-hybridized carbons (Fsp3) is 0.111. The van der Waals surface area contributed by atoms with Crippen molar-refractivity contribution in [3.8, 4) is 11.3 Å². The minimum absolute atomic E-state index is 0.00615. The monoisotopic (exact) mass is 313 g/mol. The Kier molecular flexibility index (Phi) is 4.47.